The summed E-state index contributed by atoms with van der Waals surface area (Å²) in [4.78, 5) is 12.8. The number of rotatable bonds is 8. The van der Waals surface area contributed by atoms with Crippen LogP contribution in [0.25, 0.3) is 0 Å². The van der Waals surface area contributed by atoms with Crippen molar-refractivity contribution in [2.75, 3.05) is 6.54 Å². The van der Waals surface area contributed by atoms with E-state index in [4.69, 9.17) is 11.6 Å². The molecule has 1 amide bonds. The number of nitrogens with zero attached hydrogens (tertiary/aromatic N) is 1. The number of amides is 1. The molecule has 0 spiro atoms. The van der Waals surface area contributed by atoms with E-state index >= 15 is 0 Å². The molecule has 31 heavy (non-hydrogen) atoms. The second-order valence-corrected chi connectivity index (χ2v) is 10.3. The van der Waals surface area contributed by atoms with Gasteiger partial charge in [0.05, 0.1) is 11.4 Å². The summed E-state index contributed by atoms with van der Waals surface area (Å²) in [6.45, 7) is 1.95. The van der Waals surface area contributed by atoms with Gasteiger partial charge >= 0.3 is 0 Å². The van der Waals surface area contributed by atoms with Gasteiger partial charge in [-0.05, 0) is 48.4 Å². The van der Waals surface area contributed by atoms with Gasteiger partial charge in [0.2, 0.25) is 15.9 Å². The molecule has 0 aliphatic rings. The predicted molar refractivity (Wildman–Crippen MR) is 126 cm³/mol. The molecule has 8 heteroatoms. The largest absolute Gasteiger partial charge is 0.351 e. The van der Waals surface area contributed by atoms with Gasteiger partial charge < -0.3 is 5.32 Å². The first-order valence-corrected chi connectivity index (χ1v) is 12.2. The molecule has 3 aromatic carbocycles. The Hall–Kier alpha value is -2.19. The van der Waals surface area contributed by atoms with E-state index in [0.717, 1.165) is 19.9 Å². The predicted octanol–water partition coefficient (Wildman–Crippen LogP) is 4.92. The molecular weight excluding hydrogens is 500 g/mol. The van der Waals surface area contributed by atoms with E-state index in [-0.39, 0.29) is 18.0 Å². The van der Waals surface area contributed by atoms with Gasteiger partial charge in [-0.3, -0.25) is 4.79 Å². The van der Waals surface area contributed by atoms with E-state index in [2.05, 4.69) is 21.2 Å². The zero-order valence-electron chi connectivity index (χ0n) is 16.9. The van der Waals surface area contributed by atoms with Crippen LogP contribution in [0.1, 0.15) is 16.7 Å². The van der Waals surface area contributed by atoms with Gasteiger partial charge in [0.25, 0.3) is 0 Å². The number of hydrogen-bond acceptors (Lipinski definition) is 3. The Labute approximate surface area is 196 Å². The van der Waals surface area contributed by atoms with E-state index in [9.17, 15) is 13.2 Å². The summed E-state index contributed by atoms with van der Waals surface area (Å²) in [5, 5.41) is 3.25. The summed E-state index contributed by atoms with van der Waals surface area (Å²) in [5.74, 6) is -0.394. The van der Waals surface area contributed by atoms with Crippen molar-refractivity contribution in [1.82, 2.24) is 9.62 Å². The highest BCUT2D eigenvalue weighted by Gasteiger charge is 2.27. The van der Waals surface area contributed by atoms with Crippen molar-refractivity contribution in [2.45, 2.75) is 24.9 Å². The average molecular weight is 522 g/mol. The van der Waals surface area contributed by atoms with Gasteiger partial charge in [0.1, 0.15) is 0 Å². The third kappa shape index (κ3) is 6.40. The monoisotopic (exact) mass is 520 g/mol. The maximum Gasteiger partial charge on any atom is 0.243 e. The standard InChI is InChI=1S/C23H22BrClN2O3S/c1-17-5-4-6-18(13-17)14-26-23(28)16-27(15-19-7-2-3-8-22(19)25)31(29,30)21-11-9-20(24)10-12-21/h2-13H,14-16H2,1H3,(H,26,28). The molecule has 0 fully saturated rings. The highest BCUT2D eigenvalue weighted by molar-refractivity contribution is 9.10. The topological polar surface area (TPSA) is 66.5 Å². The number of hydrogen-bond donors (Lipinski definition) is 1. The molecule has 5 nitrogen and oxygen atoms in total. The van der Waals surface area contributed by atoms with Crippen LogP contribution in [0.2, 0.25) is 5.02 Å². The smallest absolute Gasteiger partial charge is 0.243 e. The van der Waals surface area contributed by atoms with Crippen LogP contribution in [0.15, 0.2) is 82.2 Å². The van der Waals surface area contributed by atoms with Crippen LogP contribution >= 0.6 is 27.5 Å². The van der Waals surface area contributed by atoms with Gasteiger partial charge in [-0.25, -0.2) is 8.42 Å². The molecular formula is C23H22BrClN2O3S. The highest BCUT2D eigenvalue weighted by atomic mass is 79.9. The lowest BCUT2D eigenvalue weighted by Crippen LogP contribution is -2.40. The summed E-state index contributed by atoms with van der Waals surface area (Å²) >= 11 is 9.56. The third-order valence-electron chi connectivity index (χ3n) is 4.65. The molecule has 3 rings (SSSR count). The zero-order chi connectivity index (χ0) is 22.4. The van der Waals surface area contributed by atoms with Gasteiger partial charge in [-0.15, -0.1) is 0 Å². The van der Waals surface area contributed by atoms with Crippen LogP contribution < -0.4 is 5.32 Å². The van der Waals surface area contributed by atoms with Gasteiger partial charge in [-0.1, -0.05) is 75.6 Å². The van der Waals surface area contributed by atoms with Crippen LogP contribution in [0.5, 0.6) is 0 Å². The Morgan fingerprint density at radius 3 is 2.42 bits per heavy atom. The molecule has 0 atom stereocenters. The molecule has 3 aromatic rings. The van der Waals surface area contributed by atoms with Gasteiger partial charge in [-0.2, -0.15) is 4.31 Å². The van der Waals surface area contributed by atoms with Gasteiger partial charge in [0, 0.05) is 22.6 Å². The van der Waals surface area contributed by atoms with Crippen LogP contribution in [0.4, 0.5) is 0 Å². The van der Waals surface area contributed by atoms with E-state index in [1.165, 1.54) is 12.1 Å². The Kier molecular flexibility index (Phi) is 7.89. The maximum atomic E-state index is 13.3. The van der Waals surface area contributed by atoms with Gasteiger partial charge in [0.15, 0.2) is 0 Å². The number of benzene rings is 3. The van der Waals surface area contributed by atoms with Crippen LogP contribution in [-0.2, 0) is 27.9 Å². The molecule has 1 N–H and O–H groups in total. The molecule has 0 saturated carbocycles. The first-order chi connectivity index (χ1) is 14.8. The second kappa shape index (κ2) is 10.4. The minimum atomic E-state index is -3.92. The minimum Gasteiger partial charge on any atom is -0.351 e. The normalized spacial score (nSPS) is 11.5. The molecule has 0 aromatic heterocycles. The van der Waals surface area contributed by atoms with E-state index in [0.29, 0.717) is 17.1 Å². The number of halogens is 2. The Morgan fingerprint density at radius 2 is 1.74 bits per heavy atom. The van der Waals surface area contributed by atoms with Crippen molar-refractivity contribution >= 4 is 43.5 Å². The summed E-state index contributed by atoms with van der Waals surface area (Å²) in [6.07, 6.45) is 0. The summed E-state index contributed by atoms with van der Waals surface area (Å²) in [7, 11) is -3.92. The van der Waals surface area contributed by atoms with Crippen LogP contribution in [0, 0.1) is 6.92 Å². The minimum absolute atomic E-state index is 0.0179. The molecule has 0 bridgehead atoms. The highest BCUT2D eigenvalue weighted by Crippen LogP contribution is 2.23. The van der Waals surface area contributed by atoms with Crippen molar-refractivity contribution in [2.24, 2.45) is 0 Å². The Bertz CT molecular complexity index is 1170. The van der Waals surface area contributed by atoms with Crippen molar-refractivity contribution in [3.63, 3.8) is 0 Å². The summed E-state index contributed by atoms with van der Waals surface area (Å²) in [5.41, 5.74) is 2.66. The Balaban J connectivity index is 1.82. The second-order valence-electron chi connectivity index (χ2n) is 7.08. The molecule has 0 radical (unpaired) electrons. The fourth-order valence-electron chi connectivity index (χ4n) is 3.04. The molecule has 0 unspecified atom stereocenters. The zero-order valence-corrected chi connectivity index (χ0v) is 20.0. The van der Waals surface area contributed by atoms with E-state index < -0.39 is 15.9 Å². The quantitative estimate of drug-likeness (QED) is 0.458. The maximum absolute atomic E-state index is 13.3. The number of aryl methyl sites for hydroxylation is 1. The number of sulfonamides is 1. The molecule has 0 aliphatic carbocycles. The lowest BCUT2D eigenvalue weighted by atomic mass is 10.1. The Morgan fingerprint density at radius 1 is 1.03 bits per heavy atom. The summed E-state index contributed by atoms with van der Waals surface area (Å²) in [6, 6.07) is 21.1. The average Bonchev–Trinajstić information content (AvgIpc) is 2.73. The SMILES string of the molecule is Cc1cccc(CNC(=O)CN(Cc2ccccc2Cl)S(=O)(=O)c2ccc(Br)cc2)c1. The van der Waals surface area contributed by atoms with E-state index in [1.807, 2.05) is 31.2 Å². The lowest BCUT2D eigenvalue weighted by Gasteiger charge is -2.22. The third-order valence-corrected chi connectivity index (χ3v) is 7.35. The van der Waals surface area contributed by atoms with E-state index in [1.54, 1.807) is 36.4 Å². The van der Waals surface area contributed by atoms with Crippen molar-refractivity contribution in [3.8, 4) is 0 Å². The van der Waals surface area contributed by atoms with Crippen molar-refractivity contribution in [3.05, 3.63) is 99.0 Å². The summed E-state index contributed by atoms with van der Waals surface area (Å²) < 4.78 is 28.5. The van der Waals surface area contributed by atoms with Crippen LogP contribution in [0.3, 0.4) is 0 Å². The lowest BCUT2D eigenvalue weighted by molar-refractivity contribution is -0.121. The van der Waals surface area contributed by atoms with Crippen molar-refractivity contribution in [1.29, 1.82) is 0 Å². The molecule has 162 valence electrons. The van der Waals surface area contributed by atoms with Crippen molar-refractivity contribution < 1.29 is 13.2 Å². The fourth-order valence-corrected chi connectivity index (χ4v) is 4.87. The fraction of sp³-hybridized carbons (Fsp3) is 0.174. The number of nitrogens with one attached hydrogen (secondary N) is 1. The molecule has 0 saturated heterocycles. The molecule has 0 aliphatic heterocycles. The molecule has 0 heterocycles. The number of carbonyl (C=O) groups excluding carboxylic acids is 1. The first kappa shape index (κ1) is 23.5. The van der Waals surface area contributed by atoms with Crippen LogP contribution in [-0.4, -0.2) is 25.2 Å². The number of carbonyl (C=O) groups is 1. The first-order valence-electron chi connectivity index (χ1n) is 9.57.